The lowest BCUT2D eigenvalue weighted by molar-refractivity contribution is 0.0849. The Kier molecular flexibility index (Phi) is 3.41. The van der Waals surface area contributed by atoms with Gasteiger partial charge in [0.1, 0.15) is 0 Å². The standard InChI is InChI=1S/C13H17FN2O/c1-2-13(6-3-7-13)9-16-12(17)10-4-5-11(14)15-8-10/h4-5,8H,2-3,6-7,9H2,1H3,(H,16,17). The third-order valence-electron chi connectivity index (χ3n) is 3.78. The number of hydrogen-bond acceptors (Lipinski definition) is 2. The van der Waals surface area contributed by atoms with Gasteiger partial charge in [0.25, 0.3) is 5.91 Å². The molecule has 0 saturated heterocycles. The molecule has 1 heterocycles. The summed E-state index contributed by atoms with van der Waals surface area (Å²) >= 11 is 0. The van der Waals surface area contributed by atoms with Crippen LogP contribution in [0, 0.1) is 11.4 Å². The van der Waals surface area contributed by atoms with Crippen molar-refractivity contribution in [1.82, 2.24) is 10.3 Å². The molecule has 1 aromatic heterocycles. The number of halogens is 1. The van der Waals surface area contributed by atoms with Crippen LogP contribution in [0.1, 0.15) is 43.0 Å². The van der Waals surface area contributed by atoms with Gasteiger partial charge in [-0.05, 0) is 36.8 Å². The molecule has 3 nitrogen and oxygen atoms in total. The van der Waals surface area contributed by atoms with Crippen molar-refractivity contribution in [3.8, 4) is 0 Å². The molecule has 2 rings (SSSR count). The van der Waals surface area contributed by atoms with Gasteiger partial charge < -0.3 is 5.32 Å². The second-order valence-corrected chi connectivity index (χ2v) is 4.76. The Bertz CT molecular complexity index is 393. The van der Waals surface area contributed by atoms with Gasteiger partial charge in [0.2, 0.25) is 5.95 Å². The molecule has 1 aliphatic carbocycles. The monoisotopic (exact) mass is 236 g/mol. The quantitative estimate of drug-likeness (QED) is 0.816. The summed E-state index contributed by atoms with van der Waals surface area (Å²) in [5.41, 5.74) is 0.709. The van der Waals surface area contributed by atoms with Crippen LogP contribution < -0.4 is 5.32 Å². The van der Waals surface area contributed by atoms with E-state index in [4.69, 9.17) is 0 Å². The fourth-order valence-corrected chi connectivity index (χ4v) is 2.21. The van der Waals surface area contributed by atoms with Crippen LogP contribution in [0.4, 0.5) is 4.39 Å². The number of rotatable bonds is 4. The number of nitrogens with one attached hydrogen (secondary N) is 1. The van der Waals surface area contributed by atoms with Crippen molar-refractivity contribution in [2.75, 3.05) is 6.54 Å². The summed E-state index contributed by atoms with van der Waals surface area (Å²) in [5.74, 6) is -0.734. The maximum absolute atomic E-state index is 12.6. The molecule has 1 aromatic rings. The van der Waals surface area contributed by atoms with E-state index in [1.165, 1.54) is 37.6 Å². The number of hydrogen-bond donors (Lipinski definition) is 1. The molecule has 1 aliphatic rings. The van der Waals surface area contributed by atoms with Gasteiger partial charge in [0.15, 0.2) is 0 Å². The van der Waals surface area contributed by atoms with E-state index in [1.54, 1.807) is 0 Å². The zero-order valence-corrected chi connectivity index (χ0v) is 10.0. The van der Waals surface area contributed by atoms with Crippen molar-refractivity contribution in [3.63, 3.8) is 0 Å². The van der Waals surface area contributed by atoms with Crippen molar-refractivity contribution >= 4 is 5.91 Å². The SMILES string of the molecule is CCC1(CNC(=O)c2ccc(F)nc2)CCC1. The summed E-state index contributed by atoms with van der Waals surface area (Å²) in [6.07, 6.45) is 5.98. The van der Waals surface area contributed by atoms with Gasteiger partial charge in [0, 0.05) is 12.7 Å². The Hall–Kier alpha value is -1.45. The molecule has 1 saturated carbocycles. The molecule has 0 atom stereocenters. The van der Waals surface area contributed by atoms with Gasteiger partial charge in [-0.15, -0.1) is 0 Å². The van der Waals surface area contributed by atoms with Gasteiger partial charge in [-0.2, -0.15) is 4.39 Å². The number of carbonyl (C=O) groups is 1. The van der Waals surface area contributed by atoms with Gasteiger partial charge in [0.05, 0.1) is 5.56 Å². The van der Waals surface area contributed by atoms with Gasteiger partial charge in [-0.3, -0.25) is 4.79 Å². The van der Waals surface area contributed by atoms with Crippen LogP contribution in [-0.4, -0.2) is 17.4 Å². The molecular formula is C13H17FN2O. The third-order valence-corrected chi connectivity index (χ3v) is 3.78. The van der Waals surface area contributed by atoms with Crippen molar-refractivity contribution in [3.05, 3.63) is 29.8 Å². The lowest BCUT2D eigenvalue weighted by Crippen LogP contribution is -2.41. The topological polar surface area (TPSA) is 42.0 Å². The van der Waals surface area contributed by atoms with E-state index < -0.39 is 5.95 Å². The van der Waals surface area contributed by atoms with E-state index in [0.29, 0.717) is 17.5 Å². The van der Waals surface area contributed by atoms with Crippen LogP contribution in [0.25, 0.3) is 0 Å². The lowest BCUT2D eigenvalue weighted by atomic mass is 9.67. The van der Waals surface area contributed by atoms with Gasteiger partial charge >= 0.3 is 0 Å². The van der Waals surface area contributed by atoms with E-state index in [2.05, 4.69) is 17.2 Å². The molecule has 17 heavy (non-hydrogen) atoms. The van der Waals surface area contributed by atoms with Crippen molar-refractivity contribution < 1.29 is 9.18 Å². The Labute approximate surface area is 100 Å². The van der Waals surface area contributed by atoms with Crippen LogP contribution in [0.3, 0.4) is 0 Å². The largest absolute Gasteiger partial charge is 0.351 e. The number of aromatic nitrogens is 1. The first kappa shape index (κ1) is 12.0. The Morgan fingerprint density at radius 2 is 2.29 bits per heavy atom. The van der Waals surface area contributed by atoms with Crippen LogP contribution in [0.15, 0.2) is 18.3 Å². The van der Waals surface area contributed by atoms with Crippen LogP contribution in [-0.2, 0) is 0 Å². The second-order valence-electron chi connectivity index (χ2n) is 4.76. The van der Waals surface area contributed by atoms with Crippen molar-refractivity contribution in [2.24, 2.45) is 5.41 Å². The maximum Gasteiger partial charge on any atom is 0.252 e. The molecule has 0 aliphatic heterocycles. The Morgan fingerprint density at radius 3 is 2.76 bits per heavy atom. The predicted octanol–water partition coefficient (Wildman–Crippen LogP) is 2.53. The first-order valence-electron chi connectivity index (χ1n) is 6.05. The highest BCUT2D eigenvalue weighted by Gasteiger charge is 2.35. The first-order chi connectivity index (χ1) is 8.15. The summed E-state index contributed by atoms with van der Waals surface area (Å²) < 4.78 is 12.6. The van der Waals surface area contributed by atoms with E-state index in [0.717, 1.165) is 6.42 Å². The summed E-state index contributed by atoms with van der Waals surface area (Å²) in [5, 5.41) is 2.91. The molecular weight excluding hydrogens is 219 g/mol. The average Bonchev–Trinajstić information content (AvgIpc) is 2.29. The van der Waals surface area contributed by atoms with Gasteiger partial charge in [-0.1, -0.05) is 13.3 Å². The fourth-order valence-electron chi connectivity index (χ4n) is 2.21. The fraction of sp³-hybridized carbons (Fsp3) is 0.538. The number of carbonyl (C=O) groups excluding carboxylic acids is 1. The minimum Gasteiger partial charge on any atom is -0.351 e. The maximum atomic E-state index is 12.6. The number of amides is 1. The highest BCUT2D eigenvalue weighted by Crippen LogP contribution is 2.43. The third kappa shape index (κ3) is 2.62. The first-order valence-corrected chi connectivity index (χ1v) is 6.05. The van der Waals surface area contributed by atoms with Crippen molar-refractivity contribution in [1.29, 1.82) is 0 Å². The molecule has 92 valence electrons. The van der Waals surface area contributed by atoms with Crippen LogP contribution in [0.2, 0.25) is 0 Å². The zero-order chi connectivity index (χ0) is 12.3. The molecule has 0 spiro atoms. The lowest BCUT2D eigenvalue weighted by Gasteiger charge is -2.41. The molecule has 1 N–H and O–H groups in total. The van der Waals surface area contributed by atoms with Crippen LogP contribution in [0.5, 0.6) is 0 Å². The van der Waals surface area contributed by atoms with E-state index in [9.17, 15) is 9.18 Å². The van der Waals surface area contributed by atoms with Crippen molar-refractivity contribution in [2.45, 2.75) is 32.6 Å². The summed E-state index contributed by atoms with van der Waals surface area (Å²) in [6, 6.07) is 2.66. The summed E-state index contributed by atoms with van der Waals surface area (Å²) in [7, 11) is 0. The Morgan fingerprint density at radius 1 is 1.53 bits per heavy atom. The van der Waals surface area contributed by atoms with Gasteiger partial charge in [-0.25, -0.2) is 4.98 Å². The zero-order valence-electron chi connectivity index (χ0n) is 10.0. The summed E-state index contributed by atoms with van der Waals surface area (Å²) in [4.78, 5) is 15.3. The smallest absolute Gasteiger partial charge is 0.252 e. The molecule has 1 fully saturated rings. The molecule has 0 radical (unpaired) electrons. The Balaban J connectivity index is 1.91. The number of nitrogens with zero attached hydrogens (tertiary/aromatic N) is 1. The molecule has 1 amide bonds. The predicted molar refractivity (Wildman–Crippen MR) is 63.1 cm³/mol. The van der Waals surface area contributed by atoms with E-state index >= 15 is 0 Å². The minimum absolute atomic E-state index is 0.169. The highest BCUT2D eigenvalue weighted by molar-refractivity contribution is 5.93. The minimum atomic E-state index is -0.564. The second kappa shape index (κ2) is 4.82. The van der Waals surface area contributed by atoms with E-state index in [1.807, 2.05) is 0 Å². The molecule has 0 unspecified atom stereocenters. The van der Waals surface area contributed by atoms with E-state index in [-0.39, 0.29) is 5.91 Å². The molecule has 0 aromatic carbocycles. The highest BCUT2D eigenvalue weighted by atomic mass is 19.1. The normalized spacial score (nSPS) is 17.3. The average molecular weight is 236 g/mol. The molecule has 0 bridgehead atoms. The van der Waals surface area contributed by atoms with Crippen LogP contribution >= 0.6 is 0 Å². The molecule has 4 heteroatoms. The summed E-state index contributed by atoms with van der Waals surface area (Å²) in [6.45, 7) is 2.87. The number of pyridine rings is 1.